The summed E-state index contributed by atoms with van der Waals surface area (Å²) in [7, 11) is -1.22. The molecule has 9 heavy (non-hydrogen) atoms. The summed E-state index contributed by atoms with van der Waals surface area (Å²) in [5, 5.41) is 0. The average Bonchev–Trinajstić information content (AvgIpc) is 1.87. The topological polar surface area (TPSA) is 17.1 Å². The Labute approximate surface area is 59.1 Å². The minimum Gasteiger partial charge on any atom is -0.388 e. The minimum absolute atomic E-state index is 0.468. The SMILES string of the molecule is CCC[Si](=O)C(C)CC. The van der Waals surface area contributed by atoms with Crippen LogP contribution in [0.15, 0.2) is 0 Å². The normalized spacial score (nSPS) is 13.2. The Morgan fingerprint density at radius 3 is 2.33 bits per heavy atom. The fourth-order valence-corrected chi connectivity index (χ4v) is 2.16. The smallest absolute Gasteiger partial charge is 0.279 e. The van der Waals surface area contributed by atoms with E-state index < -0.39 is 8.68 Å². The lowest BCUT2D eigenvalue weighted by Gasteiger charge is -2.01. The van der Waals surface area contributed by atoms with Crippen molar-refractivity contribution >= 4 is 8.68 Å². The van der Waals surface area contributed by atoms with E-state index in [1.807, 2.05) is 0 Å². The van der Waals surface area contributed by atoms with E-state index in [9.17, 15) is 4.46 Å². The van der Waals surface area contributed by atoms with Gasteiger partial charge < -0.3 is 4.46 Å². The molecule has 0 N–H and O–H groups in total. The Hall–Kier alpha value is 0.0169. The number of rotatable bonds is 4. The second-order valence-corrected chi connectivity index (χ2v) is 4.94. The van der Waals surface area contributed by atoms with Gasteiger partial charge in [0.2, 0.25) is 0 Å². The van der Waals surface area contributed by atoms with Crippen LogP contribution in [0.1, 0.15) is 33.6 Å². The highest BCUT2D eigenvalue weighted by atomic mass is 28.3. The van der Waals surface area contributed by atoms with Crippen molar-refractivity contribution in [3.8, 4) is 0 Å². The Balaban J connectivity index is 3.46. The van der Waals surface area contributed by atoms with E-state index in [-0.39, 0.29) is 0 Å². The van der Waals surface area contributed by atoms with Gasteiger partial charge in [0.05, 0.1) is 0 Å². The summed E-state index contributed by atoms with van der Waals surface area (Å²) in [4.78, 5) is 0. The van der Waals surface area contributed by atoms with Gasteiger partial charge in [0.15, 0.2) is 0 Å². The first kappa shape index (κ1) is 9.02. The number of hydrogen-bond donors (Lipinski definition) is 0. The van der Waals surface area contributed by atoms with Gasteiger partial charge in [-0.3, -0.25) is 0 Å². The van der Waals surface area contributed by atoms with Crippen molar-refractivity contribution in [2.45, 2.75) is 45.2 Å². The summed E-state index contributed by atoms with van der Waals surface area (Å²) in [5.74, 6) is 0. The van der Waals surface area contributed by atoms with Crippen LogP contribution in [0.3, 0.4) is 0 Å². The van der Waals surface area contributed by atoms with Crippen molar-refractivity contribution in [2.75, 3.05) is 0 Å². The zero-order valence-corrected chi connectivity index (χ0v) is 7.61. The monoisotopic (exact) mass is 144 g/mol. The summed E-state index contributed by atoms with van der Waals surface area (Å²) in [6.45, 7) is 6.27. The maximum Gasteiger partial charge on any atom is 0.279 e. The van der Waals surface area contributed by atoms with Crippen molar-refractivity contribution in [1.29, 1.82) is 0 Å². The molecule has 0 fully saturated rings. The lowest BCUT2D eigenvalue weighted by molar-refractivity contribution is 0.543. The summed E-state index contributed by atoms with van der Waals surface area (Å²) < 4.78 is 11.2. The first-order valence-corrected chi connectivity index (χ1v) is 5.44. The average molecular weight is 144 g/mol. The van der Waals surface area contributed by atoms with Gasteiger partial charge in [-0.25, -0.2) is 0 Å². The molecule has 1 unspecified atom stereocenters. The van der Waals surface area contributed by atoms with E-state index in [1.165, 1.54) is 0 Å². The van der Waals surface area contributed by atoms with E-state index in [0.717, 1.165) is 18.9 Å². The highest BCUT2D eigenvalue weighted by molar-refractivity contribution is 6.44. The predicted octanol–water partition coefficient (Wildman–Crippen LogP) is 2.62. The van der Waals surface area contributed by atoms with E-state index in [1.54, 1.807) is 0 Å². The van der Waals surface area contributed by atoms with Gasteiger partial charge in [0.25, 0.3) is 8.68 Å². The fraction of sp³-hybridized carbons (Fsp3) is 1.00. The third-order valence-corrected chi connectivity index (χ3v) is 4.16. The molecule has 0 amide bonds. The van der Waals surface area contributed by atoms with Crippen LogP contribution in [-0.4, -0.2) is 8.68 Å². The third kappa shape index (κ3) is 3.57. The molecule has 0 bridgehead atoms. The van der Waals surface area contributed by atoms with Crippen LogP contribution < -0.4 is 0 Å². The molecule has 0 spiro atoms. The number of hydrogen-bond acceptors (Lipinski definition) is 1. The Morgan fingerprint density at radius 2 is 2.00 bits per heavy atom. The summed E-state index contributed by atoms with van der Waals surface area (Å²) in [6, 6.07) is 0.944. The molecule has 0 saturated heterocycles. The molecule has 1 nitrogen and oxygen atoms in total. The van der Waals surface area contributed by atoms with Crippen LogP contribution in [0.2, 0.25) is 11.6 Å². The lowest BCUT2D eigenvalue weighted by atomic mass is 10.4. The molecule has 0 rings (SSSR count). The Bertz CT molecular complexity index is 90.9. The molecule has 2 heteroatoms. The van der Waals surface area contributed by atoms with Crippen LogP contribution in [0, 0.1) is 0 Å². The minimum atomic E-state index is -1.22. The van der Waals surface area contributed by atoms with Crippen molar-refractivity contribution in [3.05, 3.63) is 0 Å². The molecule has 54 valence electrons. The van der Waals surface area contributed by atoms with Crippen LogP contribution in [0.25, 0.3) is 0 Å². The second-order valence-electron chi connectivity index (χ2n) is 2.53. The summed E-state index contributed by atoms with van der Waals surface area (Å²) in [6.07, 6.45) is 2.14. The maximum atomic E-state index is 11.2. The van der Waals surface area contributed by atoms with Gasteiger partial charge in [-0.1, -0.05) is 33.6 Å². The van der Waals surface area contributed by atoms with E-state index in [0.29, 0.717) is 5.54 Å². The fourth-order valence-electron chi connectivity index (χ4n) is 0.720. The molecule has 0 aliphatic carbocycles. The van der Waals surface area contributed by atoms with Gasteiger partial charge in [-0.15, -0.1) is 0 Å². The van der Waals surface area contributed by atoms with Crippen molar-refractivity contribution in [2.24, 2.45) is 0 Å². The van der Waals surface area contributed by atoms with Crippen LogP contribution >= 0.6 is 0 Å². The molecule has 0 radical (unpaired) electrons. The van der Waals surface area contributed by atoms with Gasteiger partial charge in [-0.2, -0.15) is 0 Å². The standard InChI is InChI=1S/C7H16OSi/c1-4-6-9(8)7(3)5-2/h7H,4-6H2,1-3H3. The molecule has 0 saturated carbocycles. The highest BCUT2D eigenvalue weighted by Crippen LogP contribution is 2.11. The third-order valence-electron chi connectivity index (χ3n) is 1.66. The van der Waals surface area contributed by atoms with Gasteiger partial charge >= 0.3 is 0 Å². The molecule has 0 aromatic rings. The molecule has 0 aliphatic heterocycles. The first-order chi connectivity index (χ1) is 4.22. The quantitative estimate of drug-likeness (QED) is 0.554. The van der Waals surface area contributed by atoms with Crippen molar-refractivity contribution in [3.63, 3.8) is 0 Å². The molecular formula is C7H16OSi. The van der Waals surface area contributed by atoms with Crippen LogP contribution in [0.4, 0.5) is 0 Å². The van der Waals surface area contributed by atoms with Crippen LogP contribution in [0.5, 0.6) is 0 Å². The van der Waals surface area contributed by atoms with Gasteiger partial charge in [-0.05, 0) is 6.04 Å². The van der Waals surface area contributed by atoms with Crippen molar-refractivity contribution < 1.29 is 4.46 Å². The van der Waals surface area contributed by atoms with E-state index >= 15 is 0 Å². The summed E-state index contributed by atoms with van der Waals surface area (Å²) in [5.41, 5.74) is 0.468. The van der Waals surface area contributed by atoms with Crippen molar-refractivity contribution in [1.82, 2.24) is 0 Å². The first-order valence-electron chi connectivity index (χ1n) is 3.75. The van der Waals surface area contributed by atoms with Gasteiger partial charge in [0.1, 0.15) is 0 Å². The second kappa shape index (κ2) is 4.85. The molecular weight excluding hydrogens is 128 g/mol. The molecule has 0 heterocycles. The largest absolute Gasteiger partial charge is 0.388 e. The van der Waals surface area contributed by atoms with Gasteiger partial charge in [0, 0.05) is 5.54 Å². The zero-order valence-electron chi connectivity index (χ0n) is 6.61. The maximum absolute atomic E-state index is 11.2. The lowest BCUT2D eigenvalue weighted by Crippen LogP contribution is -2.05. The molecule has 0 aromatic heterocycles. The molecule has 0 aromatic carbocycles. The Kier molecular flexibility index (Phi) is 4.86. The Morgan fingerprint density at radius 1 is 1.44 bits per heavy atom. The van der Waals surface area contributed by atoms with E-state index in [4.69, 9.17) is 0 Å². The molecule has 1 atom stereocenters. The van der Waals surface area contributed by atoms with Crippen LogP contribution in [-0.2, 0) is 4.46 Å². The highest BCUT2D eigenvalue weighted by Gasteiger charge is 2.10. The predicted molar refractivity (Wildman–Crippen MR) is 41.3 cm³/mol. The zero-order chi connectivity index (χ0) is 7.28. The summed E-state index contributed by atoms with van der Waals surface area (Å²) >= 11 is 0. The molecule has 0 aliphatic rings. The van der Waals surface area contributed by atoms with E-state index in [2.05, 4.69) is 20.8 Å².